The first kappa shape index (κ1) is 13.5. The van der Waals surface area contributed by atoms with Crippen LogP contribution in [0.3, 0.4) is 0 Å². The van der Waals surface area contributed by atoms with Gasteiger partial charge in [0.1, 0.15) is 0 Å². The fourth-order valence-corrected chi connectivity index (χ4v) is 1.63. The second kappa shape index (κ2) is 7.88. The first-order chi connectivity index (χ1) is 6.63. The molecule has 0 aromatic carbocycles. The van der Waals surface area contributed by atoms with Crippen LogP contribution in [0, 0.1) is 23.7 Å². The predicted molar refractivity (Wildman–Crippen MR) is 64.2 cm³/mol. The van der Waals surface area contributed by atoms with Crippen LogP contribution in [0.5, 0.6) is 0 Å². The molecule has 82 valence electrons. The first-order valence-corrected chi connectivity index (χ1v) is 5.76. The maximum Gasteiger partial charge on any atom is 0.0104 e. The molecule has 0 amide bonds. The minimum atomic E-state index is 0.626. The zero-order chi connectivity index (χ0) is 11.0. The minimum Gasteiger partial charge on any atom is -0.314 e. The highest BCUT2D eigenvalue weighted by Crippen LogP contribution is 2.17. The molecule has 0 rings (SSSR count). The topological polar surface area (TPSA) is 12.0 Å². The van der Waals surface area contributed by atoms with Gasteiger partial charge in [0, 0.05) is 12.5 Å². The Labute approximate surface area is 89.7 Å². The van der Waals surface area contributed by atoms with E-state index >= 15 is 0 Å². The Hall–Kier alpha value is -0.480. The summed E-state index contributed by atoms with van der Waals surface area (Å²) in [4.78, 5) is 0. The van der Waals surface area contributed by atoms with Crippen molar-refractivity contribution in [2.45, 2.75) is 53.5 Å². The highest BCUT2D eigenvalue weighted by atomic mass is 14.9. The normalized spacial score (nSPS) is 14.7. The van der Waals surface area contributed by atoms with Crippen LogP contribution < -0.4 is 5.32 Å². The van der Waals surface area contributed by atoms with Gasteiger partial charge in [-0.05, 0) is 31.7 Å². The molecule has 2 unspecified atom stereocenters. The second-order valence-corrected chi connectivity index (χ2v) is 4.23. The van der Waals surface area contributed by atoms with Crippen molar-refractivity contribution in [1.82, 2.24) is 5.32 Å². The molecule has 0 aliphatic carbocycles. The van der Waals surface area contributed by atoms with Crippen LogP contribution in [0.2, 0.25) is 0 Å². The van der Waals surface area contributed by atoms with Gasteiger partial charge in [-0.1, -0.05) is 27.7 Å². The second-order valence-electron chi connectivity index (χ2n) is 4.23. The average molecular weight is 195 g/mol. The largest absolute Gasteiger partial charge is 0.314 e. The van der Waals surface area contributed by atoms with Crippen molar-refractivity contribution in [2.24, 2.45) is 11.8 Å². The van der Waals surface area contributed by atoms with Crippen molar-refractivity contribution in [3.8, 4) is 11.8 Å². The van der Waals surface area contributed by atoms with Crippen molar-refractivity contribution in [2.75, 3.05) is 6.54 Å². The lowest BCUT2D eigenvalue weighted by atomic mass is 9.88. The van der Waals surface area contributed by atoms with Gasteiger partial charge in [0.05, 0.1) is 0 Å². The molecule has 0 saturated carbocycles. The number of rotatable bonds is 6. The monoisotopic (exact) mass is 195 g/mol. The molecule has 1 N–H and O–H groups in total. The van der Waals surface area contributed by atoms with Gasteiger partial charge < -0.3 is 5.32 Å². The van der Waals surface area contributed by atoms with Gasteiger partial charge in [0.2, 0.25) is 0 Å². The quantitative estimate of drug-likeness (QED) is 0.642. The van der Waals surface area contributed by atoms with Gasteiger partial charge in [0.15, 0.2) is 0 Å². The molecule has 1 nitrogen and oxygen atoms in total. The van der Waals surface area contributed by atoms with E-state index in [9.17, 15) is 0 Å². The van der Waals surface area contributed by atoms with Crippen molar-refractivity contribution < 1.29 is 0 Å². The van der Waals surface area contributed by atoms with E-state index in [1.54, 1.807) is 0 Å². The molecular weight excluding hydrogens is 170 g/mol. The summed E-state index contributed by atoms with van der Waals surface area (Å²) in [6.45, 7) is 12.1. The summed E-state index contributed by atoms with van der Waals surface area (Å²) in [6.07, 6.45) is 2.19. The molecule has 0 spiro atoms. The summed E-state index contributed by atoms with van der Waals surface area (Å²) in [6, 6.07) is 0.626. The smallest absolute Gasteiger partial charge is 0.0104 e. The Morgan fingerprint density at radius 3 is 2.29 bits per heavy atom. The standard InChI is InChI=1S/C13H25N/c1-6-8-9-10-13(14-7-2)12(5)11(3)4/h11-14H,7,9-10H2,1-5H3. The Morgan fingerprint density at radius 2 is 1.86 bits per heavy atom. The Kier molecular flexibility index (Phi) is 7.61. The number of nitrogens with one attached hydrogen (secondary N) is 1. The van der Waals surface area contributed by atoms with Gasteiger partial charge >= 0.3 is 0 Å². The van der Waals surface area contributed by atoms with Gasteiger partial charge in [-0.3, -0.25) is 0 Å². The van der Waals surface area contributed by atoms with Gasteiger partial charge in [-0.15, -0.1) is 11.8 Å². The molecule has 0 bridgehead atoms. The van der Waals surface area contributed by atoms with E-state index in [1.807, 2.05) is 6.92 Å². The van der Waals surface area contributed by atoms with E-state index in [0.29, 0.717) is 6.04 Å². The van der Waals surface area contributed by atoms with Crippen LogP contribution in [0.4, 0.5) is 0 Å². The van der Waals surface area contributed by atoms with Crippen molar-refractivity contribution in [3.63, 3.8) is 0 Å². The van der Waals surface area contributed by atoms with E-state index in [-0.39, 0.29) is 0 Å². The lowest BCUT2D eigenvalue weighted by molar-refractivity contribution is 0.291. The maximum absolute atomic E-state index is 3.55. The fraction of sp³-hybridized carbons (Fsp3) is 0.846. The van der Waals surface area contributed by atoms with Gasteiger partial charge in [-0.25, -0.2) is 0 Å². The summed E-state index contributed by atoms with van der Waals surface area (Å²) in [5.74, 6) is 7.57. The zero-order valence-electron chi connectivity index (χ0n) is 10.4. The first-order valence-electron chi connectivity index (χ1n) is 5.76. The Morgan fingerprint density at radius 1 is 1.21 bits per heavy atom. The summed E-state index contributed by atoms with van der Waals surface area (Å²) in [5.41, 5.74) is 0. The lowest BCUT2D eigenvalue weighted by Crippen LogP contribution is -2.37. The summed E-state index contributed by atoms with van der Waals surface area (Å²) in [5, 5.41) is 3.55. The molecule has 0 fully saturated rings. The predicted octanol–water partition coefficient (Wildman–Crippen LogP) is 3.06. The third kappa shape index (κ3) is 5.29. The minimum absolute atomic E-state index is 0.626. The molecular formula is C13H25N. The molecule has 0 aliphatic rings. The average Bonchev–Trinajstić information content (AvgIpc) is 2.15. The fourth-order valence-electron chi connectivity index (χ4n) is 1.63. The molecule has 1 heteroatoms. The lowest BCUT2D eigenvalue weighted by Gasteiger charge is -2.27. The van der Waals surface area contributed by atoms with Crippen molar-refractivity contribution >= 4 is 0 Å². The summed E-state index contributed by atoms with van der Waals surface area (Å²) < 4.78 is 0. The van der Waals surface area contributed by atoms with Crippen LogP contribution in [-0.4, -0.2) is 12.6 Å². The van der Waals surface area contributed by atoms with Crippen LogP contribution >= 0.6 is 0 Å². The summed E-state index contributed by atoms with van der Waals surface area (Å²) in [7, 11) is 0. The van der Waals surface area contributed by atoms with E-state index < -0.39 is 0 Å². The molecule has 0 aliphatic heterocycles. The molecule has 0 aromatic rings. The van der Waals surface area contributed by atoms with Gasteiger partial charge in [0.25, 0.3) is 0 Å². The van der Waals surface area contributed by atoms with E-state index in [2.05, 4.69) is 44.9 Å². The number of hydrogen-bond donors (Lipinski definition) is 1. The van der Waals surface area contributed by atoms with E-state index in [4.69, 9.17) is 0 Å². The van der Waals surface area contributed by atoms with Crippen LogP contribution in [-0.2, 0) is 0 Å². The zero-order valence-corrected chi connectivity index (χ0v) is 10.4. The van der Waals surface area contributed by atoms with Crippen LogP contribution in [0.15, 0.2) is 0 Å². The molecule has 0 saturated heterocycles. The summed E-state index contributed by atoms with van der Waals surface area (Å²) >= 11 is 0. The van der Waals surface area contributed by atoms with Gasteiger partial charge in [-0.2, -0.15) is 0 Å². The van der Waals surface area contributed by atoms with Crippen LogP contribution in [0.25, 0.3) is 0 Å². The Balaban J connectivity index is 4.04. The third-order valence-electron chi connectivity index (χ3n) is 2.91. The molecule has 2 atom stereocenters. The van der Waals surface area contributed by atoms with E-state index in [1.165, 1.54) is 6.42 Å². The maximum atomic E-state index is 3.55. The molecule has 0 radical (unpaired) electrons. The highest BCUT2D eigenvalue weighted by Gasteiger charge is 2.18. The SMILES string of the molecule is CC#CCCC(NCC)C(C)C(C)C. The Bertz CT molecular complexity index is 185. The van der Waals surface area contributed by atoms with Crippen molar-refractivity contribution in [1.29, 1.82) is 0 Å². The molecule has 0 heterocycles. The third-order valence-corrected chi connectivity index (χ3v) is 2.91. The van der Waals surface area contributed by atoms with Crippen LogP contribution in [0.1, 0.15) is 47.5 Å². The number of hydrogen-bond acceptors (Lipinski definition) is 1. The molecule has 14 heavy (non-hydrogen) atoms. The highest BCUT2D eigenvalue weighted by molar-refractivity contribution is 4.96. The molecule has 0 aromatic heterocycles. The van der Waals surface area contributed by atoms with E-state index in [0.717, 1.165) is 24.8 Å². The van der Waals surface area contributed by atoms with Crippen molar-refractivity contribution in [3.05, 3.63) is 0 Å².